The van der Waals surface area contributed by atoms with Gasteiger partial charge in [0, 0.05) is 58.4 Å². The molecule has 222 valence electrons. The van der Waals surface area contributed by atoms with Gasteiger partial charge >= 0.3 is 0 Å². The van der Waals surface area contributed by atoms with Crippen molar-refractivity contribution in [1.82, 2.24) is 0 Å². The third-order valence-corrected chi connectivity index (χ3v) is 8.87. The van der Waals surface area contributed by atoms with Gasteiger partial charge in [0.05, 0.1) is 14.2 Å². The van der Waals surface area contributed by atoms with E-state index in [0.29, 0.717) is 24.8 Å². The highest BCUT2D eigenvalue weighted by atomic mass is 16.5. The number of hydrogen-bond acceptors (Lipinski definition) is 6. The topological polar surface area (TPSA) is 67.9 Å². The molecule has 6 heteroatoms. The molecule has 0 radical (unpaired) electrons. The van der Waals surface area contributed by atoms with Gasteiger partial charge in [-0.3, -0.25) is 9.59 Å². The number of fused-ring (bicyclic) bond motifs is 1. The number of methoxy groups -OCH3 is 2. The second kappa shape index (κ2) is 10.7. The second-order valence-electron chi connectivity index (χ2n) is 13.5. The van der Waals surface area contributed by atoms with Crippen LogP contribution in [0.4, 0.5) is 17.1 Å². The molecule has 43 heavy (non-hydrogen) atoms. The Labute approximate surface area is 254 Å². The van der Waals surface area contributed by atoms with Crippen molar-refractivity contribution in [2.24, 2.45) is 10.8 Å². The summed E-state index contributed by atoms with van der Waals surface area (Å²) in [7, 11) is 3.31. The number of rotatable bonds is 6. The first-order valence-electron chi connectivity index (χ1n) is 15.0. The monoisotopic (exact) mass is 576 g/mol. The Hall–Kier alpha value is -4.32. The number of hydrogen-bond donors (Lipinski definition) is 1. The van der Waals surface area contributed by atoms with Crippen LogP contribution in [0, 0.1) is 10.8 Å². The molecule has 0 aromatic heterocycles. The molecule has 2 aliphatic carbocycles. The molecule has 1 heterocycles. The van der Waals surface area contributed by atoms with Gasteiger partial charge in [-0.15, -0.1) is 0 Å². The standard InChI is InChI=1S/C37H40N2O4/c1-36(2)19-28(38-23-11-15-25(42-5)16-12-23)34(31(40)21-36)33-27-9-7-8-10-29(27)39(24-13-17-26(43-6)18-14-24)30-20-37(3,4)22-32(41)35(30)33/h7-18,33,38H,19-22H2,1-6H3. The molecule has 6 nitrogen and oxygen atoms in total. The molecule has 0 saturated carbocycles. The fourth-order valence-electron chi connectivity index (χ4n) is 7.02. The van der Waals surface area contributed by atoms with E-state index in [1.807, 2.05) is 60.7 Å². The largest absolute Gasteiger partial charge is 0.497 e. The van der Waals surface area contributed by atoms with Crippen LogP contribution in [-0.2, 0) is 9.59 Å². The molecule has 0 bridgehead atoms. The fraction of sp³-hybridized carbons (Fsp3) is 0.351. The minimum Gasteiger partial charge on any atom is -0.497 e. The zero-order valence-electron chi connectivity index (χ0n) is 25.9. The van der Waals surface area contributed by atoms with Crippen molar-refractivity contribution in [3.63, 3.8) is 0 Å². The number of nitrogens with one attached hydrogen (secondary N) is 1. The van der Waals surface area contributed by atoms with Crippen molar-refractivity contribution in [3.8, 4) is 11.5 Å². The number of carbonyl (C=O) groups excluding carboxylic acids is 2. The summed E-state index contributed by atoms with van der Waals surface area (Å²) in [5.41, 5.74) is 6.70. The van der Waals surface area contributed by atoms with Crippen LogP contribution in [0.25, 0.3) is 0 Å². The lowest BCUT2D eigenvalue weighted by atomic mass is 9.64. The summed E-state index contributed by atoms with van der Waals surface area (Å²) in [5.74, 6) is 1.29. The number of benzene rings is 3. The van der Waals surface area contributed by atoms with E-state index in [9.17, 15) is 9.59 Å². The van der Waals surface area contributed by atoms with Crippen molar-refractivity contribution in [1.29, 1.82) is 0 Å². The molecule has 3 aromatic carbocycles. The highest BCUT2D eigenvalue weighted by molar-refractivity contribution is 6.08. The van der Waals surface area contributed by atoms with Crippen LogP contribution >= 0.6 is 0 Å². The minimum atomic E-state index is -0.450. The first-order chi connectivity index (χ1) is 20.5. The summed E-state index contributed by atoms with van der Waals surface area (Å²) in [6.07, 6.45) is 2.29. The van der Waals surface area contributed by atoms with E-state index in [-0.39, 0.29) is 22.4 Å². The number of ketones is 2. The quantitative estimate of drug-likeness (QED) is 0.318. The molecule has 0 fully saturated rings. The third-order valence-electron chi connectivity index (χ3n) is 8.87. The Morgan fingerprint density at radius 1 is 0.698 bits per heavy atom. The molecule has 1 atom stereocenters. The number of allylic oxidation sites excluding steroid dienone is 4. The van der Waals surface area contributed by atoms with Crippen LogP contribution in [0.1, 0.15) is 64.9 Å². The lowest BCUT2D eigenvalue weighted by molar-refractivity contribution is -0.118. The van der Waals surface area contributed by atoms with Crippen molar-refractivity contribution in [2.75, 3.05) is 24.4 Å². The van der Waals surface area contributed by atoms with Gasteiger partial charge in [0.2, 0.25) is 0 Å². The average Bonchev–Trinajstić information content (AvgIpc) is 2.96. The summed E-state index contributed by atoms with van der Waals surface area (Å²) in [4.78, 5) is 30.8. The Morgan fingerprint density at radius 3 is 1.88 bits per heavy atom. The summed E-state index contributed by atoms with van der Waals surface area (Å²) < 4.78 is 10.8. The lowest BCUT2D eigenvalue weighted by Crippen LogP contribution is -2.40. The maximum atomic E-state index is 14.3. The van der Waals surface area contributed by atoms with Gasteiger partial charge in [-0.1, -0.05) is 45.9 Å². The van der Waals surface area contributed by atoms with E-state index < -0.39 is 5.92 Å². The fourth-order valence-corrected chi connectivity index (χ4v) is 7.02. The smallest absolute Gasteiger partial charge is 0.162 e. The van der Waals surface area contributed by atoms with Gasteiger partial charge < -0.3 is 19.7 Å². The van der Waals surface area contributed by atoms with E-state index >= 15 is 0 Å². The van der Waals surface area contributed by atoms with Crippen molar-refractivity contribution in [2.45, 2.75) is 59.3 Å². The zero-order chi connectivity index (χ0) is 30.5. The molecule has 1 unspecified atom stereocenters. The van der Waals surface area contributed by atoms with Crippen LogP contribution in [0.5, 0.6) is 11.5 Å². The average molecular weight is 577 g/mol. The van der Waals surface area contributed by atoms with Crippen LogP contribution < -0.4 is 19.7 Å². The minimum absolute atomic E-state index is 0.0921. The highest BCUT2D eigenvalue weighted by Crippen LogP contribution is 2.56. The molecule has 3 aromatic rings. The molecule has 1 aliphatic heterocycles. The number of Topliss-reactive ketones (excluding diaryl/α,β-unsaturated/α-hetero) is 2. The predicted molar refractivity (Wildman–Crippen MR) is 171 cm³/mol. The molecule has 0 spiro atoms. The van der Waals surface area contributed by atoms with Crippen LogP contribution in [0.2, 0.25) is 0 Å². The van der Waals surface area contributed by atoms with E-state index in [1.165, 1.54) is 0 Å². The van der Waals surface area contributed by atoms with Gasteiger partial charge in [-0.05, 0) is 83.8 Å². The Morgan fingerprint density at radius 2 is 1.26 bits per heavy atom. The second-order valence-corrected chi connectivity index (χ2v) is 13.5. The molecule has 0 amide bonds. The van der Waals surface area contributed by atoms with Gasteiger partial charge in [0.1, 0.15) is 11.5 Å². The maximum Gasteiger partial charge on any atom is 0.162 e. The normalized spacial score (nSPS) is 20.9. The number of anilines is 3. The third kappa shape index (κ3) is 5.35. The molecular formula is C37H40N2O4. The summed E-state index contributed by atoms with van der Waals surface area (Å²) in [6.45, 7) is 8.58. The number of ether oxygens (including phenoxy) is 2. The highest BCUT2D eigenvalue weighted by Gasteiger charge is 2.47. The summed E-state index contributed by atoms with van der Waals surface area (Å²) in [6, 6.07) is 24.0. The van der Waals surface area contributed by atoms with Crippen molar-refractivity contribution in [3.05, 3.63) is 101 Å². The molecule has 1 N–H and O–H groups in total. The van der Waals surface area contributed by atoms with Gasteiger partial charge in [0.25, 0.3) is 0 Å². The zero-order valence-corrected chi connectivity index (χ0v) is 25.9. The summed E-state index contributed by atoms with van der Waals surface area (Å²) in [5, 5.41) is 3.62. The van der Waals surface area contributed by atoms with Crippen LogP contribution in [-0.4, -0.2) is 25.8 Å². The van der Waals surface area contributed by atoms with E-state index in [4.69, 9.17) is 9.47 Å². The predicted octanol–water partition coefficient (Wildman–Crippen LogP) is 8.34. The Kier molecular flexibility index (Phi) is 7.19. The number of carbonyl (C=O) groups is 2. The molecule has 0 saturated heterocycles. The number of para-hydroxylation sites is 1. The van der Waals surface area contributed by atoms with Crippen molar-refractivity contribution < 1.29 is 19.1 Å². The molecule has 6 rings (SSSR count). The number of nitrogens with zero attached hydrogens (tertiary/aromatic N) is 1. The first kappa shape index (κ1) is 28.8. The summed E-state index contributed by atoms with van der Waals surface area (Å²) >= 11 is 0. The van der Waals surface area contributed by atoms with Crippen LogP contribution in [0.3, 0.4) is 0 Å². The SMILES string of the molecule is COc1ccc(NC2=C(C3C4=C(CC(C)(C)CC4=O)N(c4ccc(OC)cc4)c4ccccc43)C(=O)CC(C)(C)C2)cc1. The Balaban J connectivity index is 1.59. The van der Waals surface area contributed by atoms with E-state index in [2.05, 4.69) is 50.0 Å². The van der Waals surface area contributed by atoms with E-state index in [0.717, 1.165) is 57.5 Å². The molecular weight excluding hydrogens is 536 g/mol. The molecule has 3 aliphatic rings. The van der Waals surface area contributed by atoms with Crippen molar-refractivity contribution >= 4 is 28.6 Å². The first-order valence-corrected chi connectivity index (χ1v) is 15.0. The van der Waals surface area contributed by atoms with E-state index in [1.54, 1.807) is 14.2 Å². The van der Waals surface area contributed by atoms with Gasteiger partial charge in [-0.2, -0.15) is 0 Å². The maximum absolute atomic E-state index is 14.3. The lowest BCUT2D eigenvalue weighted by Gasteiger charge is -2.46. The Bertz CT molecular complexity index is 1640. The van der Waals surface area contributed by atoms with Gasteiger partial charge in [0.15, 0.2) is 11.6 Å². The van der Waals surface area contributed by atoms with Gasteiger partial charge in [-0.25, -0.2) is 0 Å². The van der Waals surface area contributed by atoms with Crippen LogP contribution in [0.15, 0.2) is 95.3 Å².